The molecule has 1 atom stereocenters. The number of hydrogen-bond acceptors (Lipinski definition) is 6. The van der Waals surface area contributed by atoms with Gasteiger partial charge in [0.1, 0.15) is 6.61 Å². The topological polar surface area (TPSA) is 76.1 Å². The minimum absolute atomic E-state index is 0. The van der Waals surface area contributed by atoms with E-state index < -0.39 is 10.1 Å². The van der Waals surface area contributed by atoms with Crippen LogP contribution in [0.15, 0.2) is 10.8 Å². The average molecular weight is 316 g/mol. The van der Waals surface area contributed by atoms with Crippen molar-refractivity contribution < 1.29 is 22.4 Å². The van der Waals surface area contributed by atoms with Gasteiger partial charge in [-0.3, -0.25) is 9.45 Å². The second kappa shape index (κ2) is 7.26. The van der Waals surface area contributed by atoms with Crippen LogP contribution >= 0.6 is 11.3 Å². The van der Waals surface area contributed by atoms with Crippen LogP contribution in [0.1, 0.15) is 6.42 Å². The molecule has 0 aliphatic carbocycles. The van der Waals surface area contributed by atoms with E-state index in [2.05, 4.69) is 0 Å². The van der Waals surface area contributed by atoms with E-state index in [0.29, 0.717) is 19.6 Å². The molecular weight excluding hydrogens is 301 g/mol. The molecule has 1 aliphatic heterocycles. The zero-order valence-electron chi connectivity index (χ0n) is 10.9. The normalized spacial score (nSPS) is 18.2. The first-order valence-electron chi connectivity index (χ1n) is 5.47. The molecule has 1 N–H and O–H groups in total. The van der Waals surface area contributed by atoms with Crippen molar-refractivity contribution >= 4 is 51.0 Å². The van der Waals surface area contributed by atoms with Crippen LogP contribution < -0.4 is 9.47 Å². The summed E-state index contributed by atoms with van der Waals surface area (Å²) >= 11 is 1.51. The predicted octanol–water partition coefficient (Wildman–Crippen LogP) is 0.674. The van der Waals surface area contributed by atoms with E-state index in [0.717, 1.165) is 11.5 Å². The van der Waals surface area contributed by atoms with Crippen LogP contribution in [0, 0.1) is 0 Å². The first-order valence-corrected chi connectivity index (χ1v) is 8.02. The summed E-state index contributed by atoms with van der Waals surface area (Å²) in [6.07, 6.45) is 0.125. The van der Waals surface area contributed by atoms with Gasteiger partial charge in [-0.2, -0.15) is 8.42 Å². The zero-order valence-corrected chi connectivity index (χ0v) is 14.5. The third kappa shape index (κ3) is 5.22. The monoisotopic (exact) mass is 316 g/mol. The molecule has 1 aliphatic rings. The molecule has 0 bridgehead atoms. The van der Waals surface area contributed by atoms with Crippen molar-refractivity contribution in [3.05, 3.63) is 10.8 Å². The number of nitrogens with zero attached hydrogens (tertiary/aromatic N) is 1. The summed E-state index contributed by atoms with van der Waals surface area (Å²) < 4.78 is 41.1. The molecule has 2 rings (SSSR count). The van der Waals surface area contributed by atoms with Crippen LogP contribution in [0.25, 0.3) is 0 Å². The average Bonchev–Trinajstić information content (AvgIpc) is 2.73. The molecule has 103 valence electrons. The van der Waals surface area contributed by atoms with Gasteiger partial charge in [0.05, 0.1) is 5.75 Å². The smallest absolute Gasteiger partial charge is 0.264 e. The quantitative estimate of drug-likeness (QED) is 0.636. The summed E-state index contributed by atoms with van der Waals surface area (Å²) in [6.45, 7) is 0.916. The van der Waals surface area contributed by atoms with Crippen LogP contribution in [0.2, 0.25) is 0 Å². The molecule has 6 nitrogen and oxygen atoms in total. The van der Waals surface area contributed by atoms with E-state index in [1.165, 1.54) is 11.3 Å². The van der Waals surface area contributed by atoms with Crippen LogP contribution in [0.5, 0.6) is 11.5 Å². The van der Waals surface area contributed by atoms with E-state index in [-0.39, 0.29) is 41.5 Å². The number of ether oxygens (including phenoxy) is 2. The number of rotatable bonds is 5. The first kappa shape index (κ1) is 17.2. The van der Waals surface area contributed by atoms with Crippen molar-refractivity contribution in [2.45, 2.75) is 12.6 Å². The first-order chi connectivity index (χ1) is 8.46. The fourth-order valence-electron chi connectivity index (χ4n) is 1.66. The molecule has 0 saturated heterocycles. The predicted molar refractivity (Wildman–Crippen MR) is 73.6 cm³/mol. The Morgan fingerprint density at radius 3 is 2.84 bits per heavy atom. The maximum absolute atomic E-state index is 10.6. The molecule has 1 unspecified atom stereocenters. The van der Waals surface area contributed by atoms with Gasteiger partial charge < -0.3 is 9.47 Å². The molecule has 19 heavy (non-hydrogen) atoms. The molecule has 1 aromatic rings. The summed E-state index contributed by atoms with van der Waals surface area (Å²) in [5.74, 6) is 1.23. The van der Waals surface area contributed by atoms with E-state index in [1.54, 1.807) is 0 Å². The van der Waals surface area contributed by atoms with Gasteiger partial charge in [-0.1, -0.05) is 0 Å². The van der Waals surface area contributed by atoms with Gasteiger partial charge in [0.15, 0.2) is 17.7 Å². The van der Waals surface area contributed by atoms with E-state index in [4.69, 9.17) is 14.0 Å². The Bertz CT molecular complexity index is 504. The fourth-order valence-corrected chi connectivity index (χ4v) is 2.83. The van der Waals surface area contributed by atoms with Crippen molar-refractivity contribution in [1.29, 1.82) is 0 Å². The Labute approximate surface area is 138 Å². The second-order valence-electron chi connectivity index (χ2n) is 4.10. The largest absolute Gasteiger partial charge is 0.483 e. The van der Waals surface area contributed by atoms with Crippen LogP contribution in [0.4, 0.5) is 0 Å². The summed E-state index contributed by atoms with van der Waals surface area (Å²) in [5.41, 5.74) is 0. The summed E-state index contributed by atoms with van der Waals surface area (Å²) in [4.78, 5) is 1.87. The molecule has 1 radical (unpaired) electrons. The Morgan fingerprint density at radius 2 is 2.16 bits per heavy atom. The van der Waals surface area contributed by atoms with Crippen molar-refractivity contribution in [2.75, 3.05) is 26.0 Å². The van der Waals surface area contributed by atoms with Crippen LogP contribution in [-0.2, 0) is 10.1 Å². The molecule has 9 heteroatoms. The number of hydrogen-bond donors (Lipinski definition) is 1. The van der Waals surface area contributed by atoms with Crippen LogP contribution in [0.3, 0.4) is 0 Å². The standard InChI is InChI=1S/C10H15NO5S2.Na/c1-11(3-2-4-18(12,13)14)10-5-15-8-6-17-7-9(8)16-10;/h6-7,10H,2-5H2,1H3,(H,12,13,14);. The summed E-state index contributed by atoms with van der Waals surface area (Å²) in [7, 11) is -2.06. The number of thiophene rings is 1. The molecular formula is C10H15NNaO5S2. The molecule has 0 spiro atoms. The summed E-state index contributed by atoms with van der Waals surface area (Å²) in [5, 5.41) is 3.75. The van der Waals surface area contributed by atoms with Gasteiger partial charge in [-0.05, 0) is 13.5 Å². The number of fused-ring (bicyclic) bond motifs is 1. The fraction of sp³-hybridized carbons (Fsp3) is 0.600. The molecule has 2 heterocycles. The number of likely N-dealkylation sites (N-methyl/N-ethyl adjacent to an activating group) is 1. The van der Waals surface area contributed by atoms with Gasteiger partial charge >= 0.3 is 0 Å². The second-order valence-corrected chi connectivity index (χ2v) is 6.42. The minimum atomic E-state index is -3.89. The maximum Gasteiger partial charge on any atom is 0.264 e. The van der Waals surface area contributed by atoms with Crippen LogP contribution in [-0.4, -0.2) is 79.6 Å². The third-order valence-corrected chi connectivity index (χ3v) is 4.15. The molecule has 0 amide bonds. The Morgan fingerprint density at radius 1 is 1.47 bits per heavy atom. The van der Waals surface area contributed by atoms with Gasteiger partial charge in [-0.15, -0.1) is 11.3 Å². The van der Waals surface area contributed by atoms with E-state index in [1.807, 2.05) is 22.7 Å². The van der Waals surface area contributed by atoms with E-state index >= 15 is 0 Å². The van der Waals surface area contributed by atoms with Crippen molar-refractivity contribution in [3.63, 3.8) is 0 Å². The van der Waals surface area contributed by atoms with E-state index in [9.17, 15) is 8.42 Å². The molecule has 0 aromatic carbocycles. The Hall–Kier alpha value is 0.170. The van der Waals surface area contributed by atoms with Gasteiger partial charge in [0.25, 0.3) is 10.1 Å². The summed E-state index contributed by atoms with van der Waals surface area (Å²) in [6, 6.07) is 0. The van der Waals surface area contributed by atoms with Crippen molar-refractivity contribution in [2.24, 2.45) is 0 Å². The molecule has 0 saturated carbocycles. The van der Waals surface area contributed by atoms with Gasteiger partial charge in [-0.25, -0.2) is 0 Å². The van der Waals surface area contributed by atoms with Gasteiger partial charge in [0.2, 0.25) is 0 Å². The van der Waals surface area contributed by atoms with Gasteiger partial charge in [0, 0.05) is 46.9 Å². The third-order valence-electron chi connectivity index (χ3n) is 2.64. The Kier molecular flexibility index (Phi) is 6.58. The zero-order chi connectivity index (χ0) is 13.2. The SMILES string of the molecule is CN(CCCS(=O)(=O)O)C1COc2cscc2O1.[Na]. The molecule has 0 fully saturated rings. The van der Waals surface area contributed by atoms with Crippen molar-refractivity contribution in [3.8, 4) is 11.5 Å². The minimum Gasteiger partial charge on any atom is -0.483 e. The maximum atomic E-state index is 10.6. The Balaban J connectivity index is 0.00000180. The molecule has 1 aromatic heterocycles. The van der Waals surface area contributed by atoms with Crippen molar-refractivity contribution in [1.82, 2.24) is 4.90 Å².